The van der Waals surface area contributed by atoms with Crippen molar-refractivity contribution in [3.63, 3.8) is 0 Å². The molecule has 23 heavy (non-hydrogen) atoms. The second kappa shape index (κ2) is 6.43. The maximum Gasteiger partial charge on any atom is 0.309 e. The van der Waals surface area contributed by atoms with Crippen molar-refractivity contribution in [3.05, 3.63) is 16.3 Å². The third kappa shape index (κ3) is 3.04. The Morgan fingerprint density at radius 3 is 2.61 bits per heavy atom. The molecule has 1 fully saturated rings. The lowest BCUT2D eigenvalue weighted by molar-refractivity contribution is -0.148. The van der Waals surface area contributed by atoms with Gasteiger partial charge in [-0.05, 0) is 46.1 Å². The highest BCUT2D eigenvalue weighted by molar-refractivity contribution is 7.18. The summed E-state index contributed by atoms with van der Waals surface area (Å²) in [5.41, 5.74) is 1.27. The van der Waals surface area contributed by atoms with Crippen LogP contribution in [0, 0.1) is 26.7 Å². The molecule has 0 atom stereocenters. The van der Waals surface area contributed by atoms with Gasteiger partial charge in [0.25, 0.3) is 0 Å². The molecule has 0 saturated carbocycles. The smallest absolute Gasteiger partial charge is 0.309 e. The van der Waals surface area contributed by atoms with E-state index in [0.29, 0.717) is 6.61 Å². The number of aryl methyl sites for hydroxylation is 3. The summed E-state index contributed by atoms with van der Waals surface area (Å²) in [6, 6.07) is 0. The molecule has 0 radical (unpaired) electrons. The standard InChI is InChI=1S/C17H23N3O2S/c1-5-22-17(21)13-6-8-20(9-7-13)15-14-10(2)11(3)23-16(14)19-12(4)18-15/h13H,5-9H2,1-4H3. The van der Waals surface area contributed by atoms with Crippen molar-refractivity contribution in [1.82, 2.24) is 9.97 Å². The van der Waals surface area contributed by atoms with Crippen molar-refractivity contribution < 1.29 is 9.53 Å². The average Bonchev–Trinajstić information content (AvgIpc) is 2.81. The summed E-state index contributed by atoms with van der Waals surface area (Å²) in [6.07, 6.45) is 1.65. The third-order valence-corrected chi connectivity index (χ3v) is 5.64. The van der Waals surface area contributed by atoms with Gasteiger partial charge in [0.15, 0.2) is 0 Å². The lowest BCUT2D eigenvalue weighted by Gasteiger charge is -2.32. The van der Waals surface area contributed by atoms with E-state index in [4.69, 9.17) is 9.72 Å². The van der Waals surface area contributed by atoms with Gasteiger partial charge in [-0.1, -0.05) is 0 Å². The van der Waals surface area contributed by atoms with Crippen LogP contribution in [0.1, 0.15) is 36.0 Å². The molecule has 3 rings (SSSR count). The number of carbonyl (C=O) groups is 1. The molecule has 0 aliphatic carbocycles. The van der Waals surface area contributed by atoms with Crippen LogP contribution in [0.2, 0.25) is 0 Å². The number of hydrogen-bond donors (Lipinski definition) is 0. The number of rotatable bonds is 3. The summed E-state index contributed by atoms with van der Waals surface area (Å²) in [6.45, 7) is 10.2. The van der Waals surface area contributed by atoms with E-state index in [2.05, 4.69) is 23.7 Å². The zero-order chi connectivity index (χ0) is 16.6. The van der Waals surface area contributed by atoms with E-state index < -0.39 is 0 Å². The SMILES string of the molecule is CCOC(=O)C1CCN(c2nc(C)nc3sc(C)c(C)c23)CC1. The van der Waals surface area contributed by atoms with Crippen LogP contribution in [-0.4, -0.2) is 35.6 Å². The lowest BCUT2D eigenvalue weighted by atomic mass is 9.97. The van der Waals surface area contributed by atoms with Gasteiger partial charge in [0.05, 0.1) is 17.9 Å². The van der Waals surface area contributed by atoms with Gasteiger partial charge in [-0.15, -0.1) is 11.3 Å². The lowest BCUT2D eigenvalue weighted by Crippen LogP contribution is -2.37. The molecule has 1 saturated heterocycles. The Morgan fingerprint density at radius 2 is 1.96 bits per heavy atom. The molecular weight excluding hydrogens is 310 g/mol. The van der Waals surface area contributed by atoms with Crippen LogP contribution in [-0.2, 0) is 9.53 Å². The van der Waals surface area contributed by atoms with Gasteiger partial charge >= 0.3 is 5.97 Å². The summed E-state index contributed by atoms with van der Waals surface area (Å²) in [5, 5.41) is 1.17. The number of hydrogen-bond acceptors (Lipinski definition) is 6. The molecule has 0 N–H and O–H groups in total. The fourth-order valence-electron chi connectivity index (χ4n) is 3.15. The first-order chi connectivity index (χ1) is 11.0. The minimum Gasteiger partial charge on any atom is -0.466 e. The molecule has 0 amide bonds. The van der Waals surface area contributed by atoms with E-state index in [0.717, 1.165) is 42.4 Å². The van der Waals surface area contributed by atoms with E-state index >= 15 is 0 Å². The van der Waals surface area contributed by atoms with Crippen molar-refractivity contribution >= 4 is 33.3 Å². The first kappa shape index (κ1) is 16.2. The van der Waals surface area contributed by atoms with Crippen molar-refractivity contribution in [2.45, 2.75) is 40.5 Å². The van der Waals surface area contributed by atoms with Gasteiger partial charge in [-0.3, -0.25) is 4.79 Å². The van der Waals surface area contributed by atoms with E-state index in [1.165, 1.54) is 15.8 Å². The monoisotopic (exact) mass is 333 g/mol. The molecule has 0 aromatic carbocycles. The number of piperidine rings is 1. The molecule has 0 spiro atoms. The highest BCUT2D eigenvalue weighted by atomic mass is 32.1. The largest absolute Gasteiger partial charge is 0.466 e. The minimum atomic E-state index is -0.0567. The molecule has 2 aromatic heterocycles. The van der Waals surface area contributed by atoms with Crippen molar-refractivity contribution in [2.75, 3.05) is 24.6 Å². The predicted molar refractivity (Wildman–Crippen MR) is 93.2 cm³/mol. The van der Waals surface area contributed by atoms with Gasteiger partial charge in [0, 0.05) is 18.0 Å². The zero-order valence-electron chi connectivity index (χ0n) is 14.2. The number of esters is 1. The van der Waals surface area contributed by atoms with Crippen molar-refractivity contribution in [3.8, 4) is 0 Å². The van der Waals surface area contributed by atoms with Crippen molar-refractivity contribution in [1.29, 1.82) is 0 Å². The fourth-order valence-corrected chi connectivity index (χ4v) is 4.22. The fraction of sp³-hybridized carbons (Fsp3) is 0.588. The summed E-state index contributed by atoms with van der Waals surface area (Å²) in [7, 11) is 0. The molecule has 124 valence electrons. The Hall–Kier alpha value is -1.69. The number of nitrogens with zero attached hydrogens (tertiary/aromatic N) is 3. The number of fused-ring (bicyclic) bond motifs is 1. The Balaban J connectivity index is 1.86. The maximum atomic E-state index is 11.9. The zero-order valence-corrected chi connectivity index (χ0v) is 15.0. The van der Waals surface area contributed by atoms with Gasteiger partial charge in [-0.2, -0.15) is 0 Å². The molecular formula is C17H23N3O2S. The Labute approximate surface area is 140 Å². The van der Waals surface area contributed by atoms with E-state index in [1.807, 2.05) is 13.8 Å². The average molecular weight is 333 g/mol. The van der Waals surface area contributed by atoms with E-state index in [-0.39, 0.29) is 11.9 Å². The Bertz CT molecular complexity index is 733. The molecule has 0 unspecified atom stereocenters. The van der Waals surface area contributed by atoms with Crippen LogP contribution >= 0.6 is 11.3 Å². The van der Waals surface area contributed by atoms with Crippen LogP contribution in [0.25, 0.3) is 10.2 Å². The molecule has 5 nitrogen and oxygen atoms in total. The highest BCUT2D eigenvalue weighted by Crippen LogP contribution is 2.36. The Morgan fingerprint density at radius 1 is 1.26 bits per heavy atom. The van der Waals surface area contributed by atoms with E-state index in [9.17, 15) is 4.79 Å². The van der Waals surface area contributed by atoms with Crippen LogP contribution < -0.4 is 4.90 Å². The second-order valence-electron chi connectivity index (χ2n) is 6.07. The highest BCUT2D eigenvalue weighted by Gasteiger charge is 2.28. The first-order valence-corrected chi connectivity index (χ1v) is 8.98. The number of thiophene rings is 1. The summed E-state index contributed by atoms with van der Waals surface area (Å²) in [5.74, 6) is 1.80. The molecule has 3 heterocycles. The van der Waals surface area contributed by atoms with Crippen LogP contribution in [0.5, 0.6) is 0 Å². The number of carbonyl (C=O) groups excluding carboxylic acids is 1. The summed E-state index contributed by atoms with van der Waals surface area (Å²) < 4.78 is 5.15. The third-order valence-electron chi connectivity index (χ3n) is 4.54. The van der Waals surface area contributed by atoms with Crippen LogP contribution in [0.4, 0.5) is 5.82 Å². The van der Waals surface area contributed by atoms with Gasteiger partial charge in [-0.25, -0.2) is 9.97 Å². The first-order valence-electron chi connectivity index (χ1n) is 8.17. The molecule has 0 bridgehead atoms. The van der Waals surface area contributed by atoms with Gasteiger partial charge in [0.2, 0.25) is 0 Å². The minimum absolute atomic E-state index is 0.0231. The maximum absolute atomic E-state index is 11.9. The molecule has 2 aromatic rings. The van der Waals surface area contributed by atoms with Gasteiger partial charge < -0.3 is 9.64 Å². The summed E-state index contributed by atoms with van der Waals surface area (Å²) >= 11 is 1.73. The van der Waals surface area contributed by atoms with Crippen LogP contribution in [0.15, 0.2) is 0 Å². The molecule has 6 heteroatoms. The topological polar surface area (TPSA) is 55.3 Å². The normalized spacial score (nSPS) is 16.1. The molecule has 1 aliphatic rings. The van der Waals surface area contributed by atoms with Crippen molar-refractivity contribution in [2.24, 2.45) is 5.92 Å². The number of ether oxygens (including phenoxy) is 1. The van der Waals surface area contributed by atoms with Crippen LogP contribution in [0.3, 0.4) is 0 Å². The number of anilines is 1. The quantitative estimate of drug-likeness (QED) is 0.806. The number of aromatic nitrogens is 2. The Kier molecular flexibility index (Phi) is 4.53. The predicted octanol–water partition coefficient (Wildman–Crippen LogP) is 3.40. The second-order valence-corrected chi connectivity index (χ2v) is 7.27. The van der Waals surface area contributed by atoms with Gasteiger partial charge in [0.1, 0.15) is 16.5 Å². The van der Waals surface area contributed by atoms with E-state index in [1.54, 1.807) is 11.3 Å². The summed E-state index contributed by atoms with van der Waals surface area (Å²) in [4.78, 5) is 25.9. The molecule has 1 aliphatic heterocycles.